The number of thioether (sulfide) groups is 1. The van der Waals surface area contributed by atoms with E-state index in [1.165, 1.54) is 4.90 Å². The lowest BCUT2D eigenvalue weighted by Gasteiger charge is -2.16. The Bertz CT molecular complexity index is 1180. The molecule has 0 fully saturated rings. The molecule has 0 aliphatic carbocycles. The summed E-state index contributed by atoms with van der Waals surface area (Å²) < 4.78 is 4.91. The van der Waals surface area contributed by atoms with Crippen LogP contribution in [0.4, 0.5) is 5.82 Å². The third kappa shape index (κ3) is 5.13. The molecule has 31 heavy (non-hydrogen) atoms. The molecule has 0 unspecified atom stereocenters. The van der Waals surface area contributed by atoms with E-state index in [4.69, 9.17) is 4.52 Å². The fourth-order valence-corrected chi connectivity index (χ4v) is 3.85. The molecule has 0 spiro atoms. The first-order chi connectivity index (χ1) is 15.0. The van der Waals surface area contributed by atoms with Gasteiger partial charge in [0.05, 0.1) is 17.6 Å². The molecule has 9 heteroatoms. The van der Waals surface area contributed by atoms with Gasteiger partial charge in [-0.1, -0.05) is 41.2 Å². The Labute approximate surface area is 183 Å². The van der Waals surface area contributed by atoms with E-state index in [0.29, 0.717) is 17.1 Å². The van der Waals surface area contributed by atoms with Crippen LogP contribution in [-0.2, 0) is 10.5 Å². The number of aromatic amines is 1. The molecule has 158 valence electrons. The highest BCUT2D eigenvalue weighted by molar-refractivity contribution is 7.98. The monoisotopic (exact) mass is 435 g/mol. The average molecular weight is 436 g/mol. The van der Waals surface area contributed by atoms with Gasteiger partial charge in [-0.05, 0) is 36.8 Å². The van der Waals surface area contributed by atoms with Crippen LogP contribution in [0.5, 0.6) is 0 Å². The molecule has 2 aromatic carbocycles. The minimum atomic E-state index is -0.344. The molecule has 4 rings (SSSR count). The van der Waals surface area contributed by atoms with Crippen molar-refractivity contribution in [3.63, 3.8) is 0 Å². The molecule has 4 aromatic rings. The summed E-state index contributed by atoms with van der Waals surface area (Å²) in [7, 11) is 1.58. The number of hydrogen-bond donors (Lipinski definition) is 2. The number of benzene rings is 2. The lowest BCUT2D eigenvalue weighted by Crippen LogP contribution is -2.35. The second-order valence-corrected chi connectivity index (χ2v) is 8.04. The standard InChI is InChI=1S/C22H21N5O3S/c1-14-11-19(26-30-14)25-20(28)12-27(2)21(29)16-9-7-15(8-10-16)13-31-22-23-17-5-3-4-6-18(17)24-22/h3-11H,12-13H2,1-2H3,(H,23,24)(H,25,26,28). The quantitative estimate of drug-likeness (QED) is 0.427. The first kappa shape index (κ1) is 20.7. The van der Waals surface area contributed by atoms with Crippen LogP contribution in [0.3, 0.4) is 0 Å². The summed E-state index contributed by atoms with van der Waals surface area (Å²) in [6, 6.07) is 16.9. The SMILES string of the molecule is Cc1cc(NC(=O)CN(C)C(=O)c2ccc(CSc3nc4ccccc4[nH]3)cc2)no1. The zero-order valence-electron chi connectivity index (χ0n) is 17.1. The van der Waals surface area contributed by atoms with E-state index >= 15 is 0 Å². The second-order valence-electron chi connectivity index (χ2n) is 7.08. The van der Waals surface area contributed by atoms with Gasteiger partial charge in [0.15, 0.2) is 11.0 Å². The number of amides is 2. The summed E-state index contributed by atoms with van der Waals surface area (Å²) in [6.45, 7) is 1.64. The Hall–Kier alpha value is -3.59. The van der Waals surface area contributed by atoms with Gasteiger partial charge in [0.2, 0.25) is 5.91 Å². The molecule has 2 heterocycles. The first-order valence-corrected chi connectivity index (χ1v) is 10.6. The van der Waals surface area contributed by atoms with Gasteiger partial charge in [0.1, 0.15) is 5.76 Å². The van der Waals surface area contributed by atoms with E-state index in [1.807, 2.05) is 36.4 Å². The molecule has 2 amide bonds. The van der Waals surface area contributed by atoms with Crippen LogP contribution in [-0.4, -0.2) is 45.4 Å². The molecule has 0 saturated carbocycles. The van der Waals surface area contributed by atoms with Crippen molar-refractivity contribution >= 4 is 40.4 Å². The van der Waals surface area contributed by atoms with Gasteiger partial charge in [-0.15, -0.1) is 0 Å². The van der Waals surface area contributed by atoms with Crippen LogP contribution in [0.2, 0.25) is 0 Å². The number of rotatable bonds is 7. The number of fused-ring (bicyclic) bond motifs is 1. The smallest absolute Gasteiger partial charge is 0.254 e. The van der Waals surface area contributed by atoms with Crippen molar-refractivity contribution in [1.29, 1.82) is 0 Å². The number of hydrogen-bond acceptors (Lipinski definition) is 6. The van der Waals surface area contributed by atoms with E-state index in [1.54, 1.807) is 43.9 Å². The number of anilines is 1. The fraction of sp³-hybridized carbons (Fsp3) is 0.182. The van der Waals surface area contributed by atoms with E-state index in [2.05, 4.69) is 20.4 Å². The highest BCUT2D eigenvalue weighted by Gasteiger charge is 2.16. The third-order valence-corrected chi connectivity index (χ3v) is 5.51. The van der Waals surface area contributed by atoms with Crippen molar-refractivity contribution < 1.29 is 14.1 Å². The zero-order valence-corrected chi connectivity index (χ0v) is 17.9. The van der Waals surface area contributed by atoms with Crippen LogP contribution in [0.25, 0.3) is 11.0 Å². The number of aryl methyl sites for hydroxylation is 1. The minimum absolute atomic E-state index is 0.0889. The third-order valence-electron chi connectivity index (χ3n) is 4.57. The summed E-state index contributed by atoms with van der Waals surface area (Å²) in [4.78, 5) is 33.9. The number of aromatic nitrogens is 3. The van der Waals surface area contributed by atoms with E-state index in [0.717, 1.165) is 27.5 Å². The van der Waals surface area contributed by atoms with Crippen LogP contribution >= 0.6 is 11.8 Å². The van der Waals surface area contributed by atoms with E-state index in [9.17, 15) is 9.59 Å². The molecule has 2 aromatic heterocycles. The van der Waals surface area contributed by atoms with Crippen molar-refractivity contribution in [2.24, 2.45) is 0 Å². The summed E-state index contributed by atoms with van der Waals surface area (Å²) in [6.07, 6.45) is 0. The van der Waals surface area contributed by atoms with Gasteiger partial charge in [-0.25, -0.2) is 4.98 Å². The summed E-state index contributed by atoms with van der Waals surface area (Å²) in [5, 5.41) is 7.17. The van der Waals surface area contributed by atoms with Crippen LogP contribution in [0.15, 0.2) is 64.3 Å². The highest BCUT2D eigenvalue weighted by atomic mass is 32.2. The summed E-state index contributed by atoms with van der Waals surface area (Å²) >= 11 is 1.60. The van der Waals surface area contributed by atoms with E-state index in [-0.39, 0.29) is 18.4 Å². The number of H-pyrrole nitrogens is 1. The largest absolute Gasteiger partial charge is 0.360 e. The van der Waals surface area contributed by atoms with Gasteiger partial charge in [0, 0.05) is 24.4 Å². The van der Waals surface area contributed by atoms with Gasteiger partial charge < -0.3 is 19.7 Å². The maximum Gasteiger partial charge on any atom is 0.254 e. The molecule has 0 radical (unpaired) electrons. The number of para-hydroxylation sites is 2. The van der Waals surface area contributed by atoms with Crippen molar-refractivity contribution in [2.45, 2.75) is 17.8 Å². The maximum atomic E-state index is 12.6. The molecule has 0 aliphatic rings. The Morgan fingerprint density at radius 1 is 1.16 bits per heavy atom. The van der Waals surface area contributed by atoms with E-state index < -0.39 is 0 Å². The molecule has 8 nitrogen and oxygen atoms in total. The minimum Gasteiger partial charge on any atom is -0.360 e. The zero-order chi connectivity index (χ0) is 21.8. The van der Waals surface area contributed by atoms with Crippen molar-refractivity contribution in [3.8, 4) is 0 Å². The predicted octanol–water partition coefficient (Wildman–Crippen LogP) is 3.86. The Morgan fingerprint density at radius 3 is 2.65 bits per heavy atom. The predicted molar refractivity (Wildman–Crippen MR) is 119 cm³/mol. The molecule has 0 atom stereocenters. The van der Waals surface area contributed by atoms with Crippen molar-refractivity contribution in [3.05, 3.63) is 71.5 Å². The lowest BCUT2D eigenvalue weighted by molar-refractivity contribution is -0.116. The number of nitrogens with zero attached hydrogens (tertiary/aromatic N) is 3. The molecule has 0 saturated heterocycles. The number of likely N-dealkylation sites (N-methyl/N-ethyl adjacent to an activating group) is 1. The van der Waals surface area contributed by atoms with Crippen LogP contribution < -0.4 is 5.32 Å². The van der Waals surface area contributed by atoms with Crippen LogP contribution in [0.1, 0.15) is 21.7 Å². The van der Waals surface area contributed by atoms with Crippen LogP contribution in [0, 0.1) is 6.92 Å². The van der Waals surface area contributed by atoms with Gasteiger partial charge in [-0.3, -0.25) is 9.59 Å². The fourth-order valence-electron chi connectivity index (χ4n) is 3.01. The van der Waals surface area contributed by atoms with Crippen molar-refractivity contribution in [1.82, 2.24) is 20.0 Å². The number of carbonyl (C=O) groups excluding carboxylic acids is 2. The number of imidazole rings is 1. The average Bonchev–Trinajstić information content (AvgIpc) is 3.37. The second kappa shape index (κ2) is 9.05. The Balaban J connectivity index is 1.31. The Kier molecular flexibility index (Phi) is 6.03. The molecular weight excluding hydrogens is 414 g/mol. The Morgan fingerprint density at radius 2 is 1.94 bits per heavy atom. The summed E-state index contributed by atoms with van der Waals surface area (Å²) in [5.41, 5.74) is 3.54. The number of nitrogens with one attached hydrogen (secondary N) is 2. The van der Waals surface area contributed by atoms with Gasteiger partial charge >= 0.3 is 0 Å². The van der Waals surface area contributed by atoms with Gasteiger partial charge in [-0.2, -0.15) is 0 Å². The van der Waals surface area contributed by atoms with Crippen molar-refractivity contribution in [2.75, 3.05) is 18.9 Å². The topological polar surface area (TPSA) is 104 Å². The normalized spacial score (nSPS) is 10.9. The molecule has 0 bridgehead atoms. The first-order valence-electron chi connectivity index (χ1n) is 9.63. The summed E-state index contributed by atoms with van der Waals surface area (Å²) in [5.74, 6) is 1.07. The van der Waals surface area contributed by atoms with Gasteiger partial charge in [0.25, 0.3) is 5.91 Å². The maximum absolute atomic E-state index is 12.6. The molecular formula is C22H21N5O3S. The lowest BCUT2D eigenvalue weighted by atomic mass is 10.1. The molecule has 2 N–H and O–H groups in total. The highest BCUT2D eigenvalue weighted by Crippen LogP contribution is 2.23. The molecule has 0 aliphatic heterocycles. The number of carbonyl (C=O) groups is 2.